The van der Waals surface area contributed by atoms with Crippen molar-refractivity contribution in [1.29, 1.82) is 0 Å². The molecule has 4 nitrogen and oxygen atoms in total. The van der Waals surface area contributed by atoms with Crippen LogP contribution in [-0.4, -0.2) is 18.4 Å². The molecule has 0 aromatic heterocycles. The molecule has 1 N–H and O–H groups in total. The number of nitrogens with one attached hydrogen (secondary N) is 1. The minimum Gasteiger partial charge on any atom is -0.325 e. The predicted octanol–water partition coefficient (Wildman–Crippen LogP) is 4.37. The predicted molar refractivity (Wildman–Crippen MR) is 104 cm³/mol. The molecule has 0 aliphatic carbocycles. The van der Waals surface area contributed by atoms with E-state index in [1.165, 1.54) is 5.56 Å². The highest BCUT2D eigenvalue weighted by Gasteiger charge is 2.35. The lowest BCUT2D eigenvalue weighted by Gasteiger charge is -2.18. The zero-order valence-electron chi connectivity index (χ0n) is 14.6. The standard InChI is InChI=1S/C20H21BrN2O2/c1-12-7-13(2)19(14(3)8-12)22-20(25)15-9-18(24)23(11-15)17-6-4-5-16(21)10-17/h4-8,10,15H,9,11H2,1-3H3,(H,22,25). The van der Waals surface area contributed by atoms with Crippen molar-refractivity contribution in [2.45, 2.75) is 27.2 Å². The van der Waals surface area contributed by atoms with Crippen molar-refractivity contribution in [3.63, 3.8) is 0 Å². The second kappa shape index (κ2) is 7.00. The fourth-order valence-electron chi connectivity index (χ4n) is 3.38. The van der Waals surface area contributed by atoms with E-state index in [2.05, 4.69) is 33.4 Å². The number of hydrogen-bond acceptors (Lipinski definition) is 2. The van der Waals surface area contributed by atoms with Crippen LogP contribution in [-0.2, 0) is 9.59 Å². The van der Waals surface area contributed by atoms with Crippen LogP contribution < -0.4 is 10.2 Å². The van der Waals surface area contributed by atoms with Gasteiger partial charge in [0.2, 0.25) is 11.8 Å². The summed E-state index contributed by atoms with van der Waals surface area (Å²) in [6, 6.07) is 11.7. The van der Waals surface area contributed by atoms with E-state index in [0.29, 0.717) is 6.54 Å². The molecule has 0 bridgehead atoms. The van der Waals surface area contributed by atoms with Crippen LogP contribution in [0.3, 0.4) is 0 Å². The number of amides is 2. The van der Waals surface area contributed by atoms with Crippen molar-refractivity contribution >= 4 is 39.1 Å². The fraction of sp³-hybridized carbons (Fsp3) is 0.300. The normalized spacial score (nSPS) is 17.0. The topological polar surface area (TPSA) is 49.4 Å². The Labute approximate surface area is 156 Å². The van der Waals surface area contributed by atoms with Gasteiger partial charge in [0.05, 0.1) is 5.92 Å². The van der Waals surface area contributed by atoms with Gasteiger partial charge >= 0.3 is 0 Å². The molecule has 0 radical (unpaired) electrons. The number of aryl methyl sites for hydroxylation is 3. The second-order valence-electron chi connectivity index (χ2n) is 6.65. The summed E-state index contributed by atoms with van der Waals surface area (Å²) in [7, 11) is 0. The molecular formula is C20H21BrN2O2. The molecule has 1 unspecified atom stereocenters. The van der Waals surface area contributed by atoms with E-state index in [4.69, 9.17) is 0 Å². The molecule has 3 rings (SSSR count). The Hall–Kier alpha value is -2.14. The summed E-state index contributed by atoms with van der Waals surface area (Å²) in [5, 5.41) is 3.02. The van der Waals surface area contributed by atoms with E-state index in [1.54, 1.807) is 4.90 Å². The summed E-state index contributed by atoms with van der Waals surface area (Å²) in [5.41, 5.74) is 4.92. The van der Waals surface area contributed by atoms with Crippen LogP contribution in [0.1, 0.15) is 23.1 Å². The Morgan fingerprint density at radius 3 is 2.48 bits per heavy atom. The maximum absolute atomic E-state index is 12.7. The lowest BCUT2D eigenvalue weighted by atomic mass is 10.0. The van der Waals surface area contributed by atoms with Gasteiger partial charge in [0.25, 0.3) is 0 Å². The smallest absolute Gasteiger partial charge is 0.229 e. The summed E-state index contributed by atoms with van der Waals surface area (Å²) in [5.74, 6) is -0.455. The van der Waals surface area contributed by atoms with Crippen LogP contribution in [0.4, 0.5) is 11.4 Å². The number of carbonyl (C=O) groups excluding carboxylic acids is 2. The molecule has 25 heavy (non-hydrogen) atoms. The third-order valence-electron chi connectivity index (χ3n) is 4.54. The molecule has 0 saturated carbocycles. The van der Waals surface area contributed by atoms with Gasteiger partial charge in [0.1, 0.15) is 0 Å². The lowest BCUT2D eigenvalue weighted by Crippen LogP contribution is -2.28. The molecule has 2 aromatic carbocycles. The van der Waals surface area contributed by atoms with E-state index < -0.39 is 0 Å². The van der Waals surface area contributed by atoms with E-state index in [-0.39, 0.29) is 24.2 Å². The summed E-state index contributed by atoms with van der Waals surface area (Å²) in [6.45, 7) is 6.43. The number of hydrogen-bond donors (Lipinski definition) is 1. The number of nitrogens with zero attached hydrogens (tertiary/aromatic N) is 1. The molecule has 1 aliphatic rings. The van der Waals surface area contributed by atoms with E-state index in [1.807, 2.05) is 45.0 Å². The van der Waals surface area contributed by atoms with Gasteiger partial charge < -0.3 is 10.2 Å². The van der Waals surface area contributed by atoms with Gasteiger partial charge in [0.15, 0.2) is 0 Å². The van der Waals surface area contributed by atoms with Gasteiger partial charge in [-0.2, -0.15) is 0 Å². The third-order valence-corrected chi connectivity index (χ3v) is 5.03. The number of anilines is 2. The summed E-state index contributed by atoms with van der Waals surface area (Å²) in [4.78, 5) is 26.7. The summed E-state index contributed by atoms with van der Waals surface area (Å²) >= 11 is 3.42. The second-order valence-corrected chi connectivity index (χ2v) is 7.56. The van der Waals surface area contributed by atoms with Crippen molar-refractivity contribution in [2.24, 2.45) is 5.92 Å². The number of benzene rings is 2. The first-order chi connectivity index (χ1) is 11.8. The highest BCUT2D eigenvalue weighted by Crippen LogP contribution is 2.29. The minimum absolute atomic E-state index is 0.0180. The van der Waals surface area contributed by atoms with Crippen molar-refractivity contribution in [3.05, 3.63) is 57.6 Å². The van der Waals surface area contributed by atoms with E-state index in [0.717, 1.165) is 27.0 Å². The number of carbonyl (C=O) groups is 2. The molecule has 1 fully saturated rings. The average molecular weight is 401 g/mol. The SMILES string of the molecule is Cc1cc(C)c(NC(=O)C2CC(=O)N(c3cccc(Br)c3)C2)c(C)c1. The Kier molecular flexibility index (Phi) is 4.95. The van der Waals surface area contributed by atoms with Crippen LogP contribution >= 0.6 is 15.9 Å². The first-order valence-corrected chi connectivity index (χ1v) is 9.09. The molecule has 1 heterocycles. The maximum Gasteiger partial charge on any atom is 0.229 e. The number of rotatable bonds is 3. The lowest BCUT2D eigenvalue weighted by molar-refractivity contribution is -0.122. The van der Waals surface area contributed by atoms with Gasteiger partial charge in [-0.25, -0.2) is 0 Å². The molecule has 0 spiro atoms. The molecule has 5 heteroatoms. The maximum atomic E-state index is 12.7. The quantitative estimate of drug-likeness (QED) is 0.831. The van der Waals surface area contributed by atoms with Crippen LogP contribution in [0.15, 0.2) is 40.9 Å². The van der Waals surface area contributed by atoms with Crippen LogP contribution in [0.25, 0.3) is 0 Å². The summed E-state index contributed by atoms with van der Waals surface area (Å²) < 4.78 is 0.914. The zero-order chi connectivity index (χ0) is 18.1. The monoisotopic (exact) mass is 400 g/mol. The highest BCUT2D eigenvalue weighted by molar-refractivity contribution is 9.10. The van der Waals surface area contributed by atoms with Gasteiger partial charge in [-0.1, -0.05) is 39.7 Å². The molecule has 1 saturated heterocycles. The van der Waals surface area contributed by atoms with Gasteiger partial charge in [-0.15, -0.1) is 0 Å². The molecule has 1 aliphatic heterocycles. The van der Waals surface area contributed by atoms with E-state index >= 15 is 0 Å². The van der Waals surface area contributed by atoms with Crippen molar-refractivity contribution in [3.8, 4) is 0 Å². The zero-order valence-corrected chi connectivity index (χ0v) is 16.2. The minimum atomic E-state index is -0.341. The van der Waals surface area contributed by atoms with Crippen LogP contribution in [0.5, 0.6) is 0 Å². The largest absolute Gasteiger partial charge is 0.325 e. The summed E-state index contributed by atoms with van der Waals surface area (Å²) in [6.07, 6.45) is 0.238. The van der Waals surface area contributed by atoms with Crippen molar-refractivity contribution in [2.75, 3.05) is 16.8 Å². The first-order valence-electron chi connectivity index (χ1n) is 8.30. The first kappa shape index (κ1) is 17.7. The van der Waals surface area contributed by atoms with Crippen molar-refractivity contribution in [1.82, 2.24) is 0 Å². The van der Waals surface area contributed by atoms with Gasteiger partial charge in [0, 0.05) is 28.8 Å². The number of halogens is 1. The Morgan fingerprint density at radius 2 is 1.84 bits per heavy atom. The molecule has 2 amide bonds. The average Bonchev–Trinajstić information content (AvgIpc) is 2.92. The van der Waals surface area contributed by atoms with Gasteiger partial charge in [-0.3, -0.25) is 9.59 Å². The van der Waals surface area contributed by atoms with E-state index in [9.17, 15) is 9.59 Å². The third kappa shape index (κ3) is 3.76. The Morgan fingerprint density at radius 1 is 1.16 bits per heavy atom. The van der Waals surface area contributed by atoms with Crippen LogP contribution in [0.2, 0.25) is 0 Å². The van der Waals surface area contributed by atoms with Crippen LogP contribution in [0, 0.1) is 26.7 Å². The Bertz CT molecular complexity index is 824. The molecular weight excluding hydrogens is 380 g/mol. The molecule has 2 aromatic rings. The van der Waals surface area contributed by atoms with Crippen molar-refractivity contribution < 1.29 is 9.59 Å². The molecule has 1 atom stereocenters. The highest BCUT2D eigenvalue weighted by atomic mass is 79.9. The molecule has 130 valence electrons. The Balaban J connectivity index is 1.75. The van der Waals surface area contributed by atoms with Gasteiger partial charge in [-0.05, 0) is 50.1 Å². The fourth-order valence-corrected chi connectivity index (χ4v) is 3.77.